The zero-order valence-electron chi connectivity index (χ0n) is 10.7. The van der Waals surface area contributed by atoms with Crippen molar-refractivity contribution in [3.63, 3.8) is 0 Å². The van der Waals surface area contributed by atoms with Gasteiger partial charge in [0, 0.05) is 29.7 Å². The number of nitrogens with one attached hydrogen (secondary N) is 1. The monoisotopic (exact) mass is 318 g/mol. The molecular weight excluding hydrogens is 299 g/mol. The van der Waals surface area contributed by atoms with Gasteiger partial charge in [-0.1, -0.05) is 28.9 Å². The second-order valence-corrected chi connectivity index (χ2v) is 5.42. The fraction of sp³-hybridized carbons (Fsp3) is 0.538. The van der Waals surface area contributed by atoms with Gasteiger partial charge in [0.15, 0.2) is 0 Å². The van der Waals surface area contributed by atoms with Crippen LogP contribution >= 0.6 is 15.9 Å². The number of aliphatic hydroxyl groups is 1. The van der Waals surface area contributed by atoms with Crippen LogP contribution in [0, 0.1) is 11.7 Å². The quantitative estimate of drug-likeness (QED) is 0.753. The normalized spacial score (nSPS) is 16.3. The van der Waals surface area contributed by atoms with Crippen molar-refractivity contribution in [2.45, 2.75) is 25.9 Å². The van der Waals surface area contributed by atoms with E-state index in [0.717, 1.165) is 5.56 Å². The molecule has 0 aliphatic carbocycles. The Morgan fingerprint density at radius 3 is 2.61 bits per heavy atom. The third kappa shape index (κ3) is 4.02. The highest BCUT2D eigenvalue weighted by Crippen LogP contribution is 2.24. The summed E-state index contributed by atoms with van der Waals surface area (Å²) < 4.78 is 13.7. The Kier molecular flexibility index (Phi) is 6.21. The van der Waals surface area contributed by atoms with Crippen LogP contribution < -0.4 is 11.1 Å². The Morgan fingerprint density at radius 2 is 2.11 bits per heavy atom. The average Bonchev–Trinajstić information content (AvgIpc) is 2.35. The second-order valence-electron chi connectivity index (χ2n) is 4.57. The lowest BCUT2D eigenvalue weighted by Gasteiger charge is -2.26. The van der Waals surface area contributed by atoms with Gasteiger partial charge in [-0.05, 0) is 30.5 Å². The Balaban J connectivity index is 2.83. The molecular formula is C13H20BrFN2O. The van der Waals surface area contributed by atoms with E-state index in [9.17, 15) is 4.39 Å². The summed E-state index contributed by atoms with van der Waals surface area (Å²) in [6.45, 7) is 4.49. The maximum absolute atomic E-state index is 13.0. The third-order valence-electron chi connectivity index (χ3n) is 3.18. The maximum Gasteiger partial charge on any atom is 0.124 e. The largest absolute Gasteiger partial charge is 0.396 e. The van der Waals surface area contributed by atoms with Crippen LogP contribution in [0.4, 0.5) is 4.39 Å². The Bertz CT molecular complexity index is 389. The minimum atomic E-state index is -0.279. The summed E-state index contributed by atoms with van der Waals surface area (Å²) in [5.74, 6) is -0.142. The van der Waals surface area contributed by atoms with Gasteiger partial charge in [-0.25, -0.2) is 4.39 Å². The Hall–Kier alpha value is -0.490. The van der Waals surface area contributed by atoms with Crippen molar-refractivity contribution in [1.29, 1.82) is 0 Å². The summed E-state index contributed by atoms with van der Waals surface area (Å²) in [7, 11) is 0. The molecule has 0 fully saturated rings. The first-order valence-electron chi connectivity index (χ1n) is 6.01. The van der Waals surface area contributed by atoms with E-state index < -0.39 is 0 Å². The van der Waals surface area contributed by atoms with E-state index in [-0.39, 0.29) is 30.4 Å². The first-order valence-corrected chi connectivity index (χ1v) is 6.80. The van der Waals surface area contributed by atoms with Crippen LogP contribution in [-0.4, -0.2) is 24.3 Å². The zero-order valence-corrected chi connectivity index (χ0v) is 12.2. The lowest BCUT2D eigenvalue weighted by molar-refractivity contribution is 0.201. The van der Waals surface area contributed by atoms with Gasteiger partial charge in [0.1, 0.15) is 5.82 Å². The molecule has 3 unspecified atom stereocenters. The van der Waals surface area contributed by atoms with Gasteiger partial charge in [0.25, 0.3) is 0 Å². The van der Waals surface area contributed by atoms with Crippen molar-refractivity contribution >= 4 is 15.9 Å². The average molecular weight is 319 g/mol. The molecule has 5 heteroatoms. The molecule has 4 N–H and O–H groups in total. The van der Waals surface area contributed by atoms with Crippen LogP contribution in [-0.2, 0) is 0 Å². The lowest BCUT2D eigenvalue weighted by Crippen LogP contribution is -2.39. The molecule has 0 spiro atoms. The molecule has 0 radical (unpaired) electrons. The molecule has 0 amide bonds. The first kappa shape index (κ1) is 15.6. The Morgan fingerprint density at radius 1 is 1.44 bits per heavy atom. The number of aliphatic hydroxyl groups excluding tert-OH is 1. The predicted molar refractivity (Wildman–Crippen MR) is 74.7 cm³/mol. The maximum atomic E-state index is 13.0. The number of nitrogens with two attached hydrogens (primary N) is 1. The minimum absolute atomic E-state index is 0.0658. The second kappa shape index (κ2) is 7.19. The van der Waals surface area contributed by atoms with Gasteiger partial charge in [-0.15, -0.1) is 0 Å². The topological polar surface area (TPSA) is 58.3 Å². The van der Waals surface area contributed by atoms with Gasteiger partial charge in [0.05, 0.1) is 0 Å². The van der Waals surface area contributed by atoms with Crippen molar-refractivity contribution in [3.05, 3.63) is 34.1 Å². The van der Waals surface area contributed by atoms with Crippen LogP contribution in [0.1, 0.15) is 25.5 Å². The molecule has 0 saturated heterocycles. The van der Waals surface area contributed by atoms with Crippen LogP contribution in [0.5, 0.6) is 0 Å². The SMILES string of the molecule is CC(CO)C(C)NC(CN)c1ccc(F)cc1Br. The molecule has 0 aromatic heterocycles. The predicted octanol–water partition coefficient (Wildman–Crippen LogP) is 2.19. The van der Waals surface area contributed by atoms with Gasteiger partial charge in [0.2, 0.25) is 0 Å². The minimum Gasteiger partial charge on any atom is -0.396 e. The summed E-state index contributed by atoms with van der Waals surface area (Å²) >= 11 is 3.35. The lowest BCUT2D eigenvalue weighted by atomic mass is 10.0. The smallest absolute Gasteiger partial charge is 0.124 e. The number of rotatable bonds is 6. The van der Waals surface area contributed by atoms with Crippen molar-refractivity contribution < 1.29 is 9.50 Å². The van der Waals surface area contributed by atoms with Crippen molar-refractivity contribution in [2.24, 2.45) is 11.7 Å². The van der Waals surface area contributed by atoms with E-state index in [0.29, 0.717) is 11.0 Å². The van der Waals surface area contributed by atoms with Crippen LogP contribution in [0.2, 0.25) is 0 Å². The summed E-state index contributed by atoms with van der Waals surface area (Å²) in [6, 6.07) is 4.63. The highest BCUT2D eigenvalue weighted by molar-refractivity contribution is 9.10. The van der Waals surface area contributed by atoms with Crippen molar-refractivity contribution in [1.82, 2.24) is 5.32 Å². The summed E-state index contributed by atoms with van der Waals surface area (Å²) in [4.78, 5) is 0. The number of hydrogen-bond acceptors (Lipinski definition) is 3. The van der Waals surface area contributed by atoms with E-state index in [1.54, 1.807) is 6.07 Å². The van der Waals surface area contributed by atoms with E-state index in [1.165, 1.54) is 12.1 Å². The first-order chi connectivity index (χ1) is 8.49. The van der Waals surface area contributed by atoms with E-state index in [1.807, 2.05) is 13.8 Å². The molecule has 1 aromatic carbocycles. The molecule has 0 heterocycles. The summed E-state index contributed by atoms with van der Waals surface area (Å²) in [6.07, 6.45) is 0. The van der Waals surface area contributed by atoms with Crippen LogP contribution in [0.15, 0.2) is 22.7 Å². The number of halogens is 2. The van der Waals surface area contributed by atoms with Crippen LogP contribution in [0.25, 0.3) is 0 Å². The summed E-state index contributed by atoms with van der Waals surface area (Å²) in [5.41, 5.74) is 6.69. The number of benzene rings is 1. The van der Waals surface area contributed by atoms with Crippen LogP contribution in [0.3, 0.4) is 0 Å². The molecule has 102 valence electrons. The molecule has 0 aliphatic rings. The van der Waals surface area contributed by atoms with E-state index >= 15 is 0 Å². The highest BCUT2D eigenvalue weighted by Gasteiger charge is 2.18. The number of hydrogen-bond donors (Lipinski definition) is 3. The summed E-state index contributed by atoms with van der Waals surface area (Å²) in [5, 5.41) is 12.5. The van der Waals surface area contributed by atoms with Gasteiger partial charge in [-0.3, -0.25) is 0 Å². The van der Waals surface area contributed by atoms with E-state index in [2.05, 4.69) is 21.2 Å². The Labute approximate surface area is 116 Å². The van der Waals surface area contributed by atoms with Crippen molar-refractivity contribution in [2.75, 3.05) is 13.2 Å². The molecule has 1 aromatic rings. The fourth-order valence-electron chi connectivity index (χ4n) is 1.71. The molecule has 0 saturated carbocycles. The molecule has 18 heavy (non-hydrogen) atoms. The van der Waals surface area contributed by atoms with Gasteiger partial charge >= 0.3 is 0 Å². The molecule has 1 rings (SSSR count). The van der Waals surface area contributed by atoms with Gasteiger partial charge < -0.3 is 16.2 Å². The highest BCUT2D eigenvalue weighted by atomic mass is 79.9. The molecule has 0 aliphatic heterocycles. The standard InChI is InChI=1S/C13H20BrFN2O/c1-8(7-18)9(2)17-13(6-16)11-4-3-10(15)5-12(11)14/h3-5,8-9,13,17-18H,6-7,16H2,1-2H3. The molecule has 0 bridgehead atoms. The molecule has 3 nitrogen and oxygen atoms in total. The fourth-order valence-corrected chi connectivity index (χ4v) is 2.34. The third-order valence-corrected chi connectivity index (χ3v) is 3.87. The van der Waals surface area contributed by atoms with Gasteiger partial charge in [-0.2, -0.15) is 0 Å². The van der Waals surface area contributed by atoms with E-state index in [4.69, 9.17) is 10.8 Å². The zero-order chi connectivity index (χ0) is 13.7. The van der Waals surface area contributed by atoms with Crippen molar-refractivity contribution in [3.8, 4) is 0 Å². The molecule has 3 atom stereocenters.